The molecular formula is C20H20Cl2N2O4. The molecule has 1 saturated heterocycles. The van der Waals surface area contributed by atoms with Crippen LogP contribution in [0.25, 0.3) is 0 Å². The maximum absolute atomic E-state index is 12.3. The van der Waals surface area contributed by atoms with E-state index >= 15 is 0 Å². The number of carboxylic acids is 1. The summed E-state index contributed by atoms with van der Waals surface area (Å²) >= 11 is 12.5. The summed E-state index contributed by atoms with van der Waals surface area (Å²) in [5.74, 6) is -1.30. The number of amides is 1. The average molecular weight is 423 g/mol. The van der Waals surface area contributed by atoms with E-state index in [0.717, 1.165) is 0 Å². The number of hydrogen-bond donors (Lipinski definition) is 1. The summed E-state index contributed by atoms with van der Waals surface area (Å²) in [7, 11) is 0. The van der Waals surface area contributed by atoms with Crippen molar-refractivity contribution in [3.63, 3.8) is 0 Å². The van der Waals surface area contributed by atoms with E-state index in [9.17, 15) is 14.7 Å². The second-order valence-corrected chi connectivity index (χ2v) is 7.23. The van der Waals surface area contributed by atoms with E-state index in [0.29, 0.717) is 53.3 Å². The van der Waals surface area contributed by atoms with Crippen LogP contribution in [-0.4, -0.2) is 43.3 Å². The van der Waals surface area contributed by atoms with Gasteiger partial charge in [0.1, 0.15) is 0 Å². The minimum atomic E-state index is -1.05. The van der Waals surface area contributed by atoms with E-state index in [1.165, 1.54) is 17.9 Å². The van der Waals surface area contributed by atoms with Gasteiger partial charge in [-0.3, -0.25) is 4.79 Å². The van der Waals surface area contributed by atoms with Crippen LogP contribution >= 0.6 is 23.2 Å². The number of nitrogens with zero attached hydrogens (tertiary/aromatic N) is 2. The van der Waals surface area contributed by atoms with Crippen LogP contribution in [0.15, 0.2) is 36.4 Å². The summed E-state index contributed by atoms with van der Waals surface area (Å²) in [6.45, 7) is 3.89. The number of ether oxygens (including phenoxy) is 1. The molecule has 2 aromatic carbocycles. The Balaban J connectivity index is 1.98. The molecule has 0 saturated carbocycles. The van der Waals surface area contributed by atoms with Crippen molar-refractivity contribution in [1.29, 1.82) is 0 Å². The highest BCUT2D eigenvalue weighted by Gasteiger charge is 2.22. The number of anilines is 2. The van der Waals surface area contributed by atoms with Gasteiger partial charge in [0.05, 0.1) is 31.0 Å². The molecule has 28 heavy (non-hydrogen) atoms. The first-order valence-electron chi connectivity index (χ1n) is 8.79. The lowest BCUT2D eigenvalue weighted by atomic mass is 10.1. The molecule has 1 aliphatic rings. The molecule has 0 aliphatic carbocycles. The predicted molar refractivity (Wildman–Crippen MR) is 110 cm³/mol. The molecule has 1 heterocycles. The summed E-state index contributed by atoms with van der Waals surface area (Å²) in [6, 6.07) is 10.1. The van der Waals surface area contributed by atoms with Crippen molar-refractivity contribution in [2.24, 2.45) is 0 Å². The molecule has 1 aliphatic heterocycles. The first-order valence-corrected chi connectivity index (χ1v) is 9.55. The standard InChI is InChI=1S/C20H20Cl2N2O4/c1-13(25)24(12-16-17(21)3-2-4-18(16)22)14-5-6-19(15(11-14)20(26)27)23-7-9-28-10-8-23/h2-6,11H,7-10,12H2,1H3,(H,26,27). The van der Waals surface area contributed by atoms with Gasteiger partial charge >= 0.3 is 5.97 Å². The van der Waals surface area contributed by atoms with Gasteiger partial charge in [0, 0.05) is 41.3 Å². The third kappa shape index (κ3) is 4.41. The summed E-state index contributed by atoms with van der Waals surface area (Å²) in [5, 5.41) is 10.6. The molecule has 1 fully saturated rings. The number of benzene rings is 2. The van der Waals surface area contributed by atoms with Crippen LogP contribution in [0.2, 0.25) is 10.0 Å². The summed E-state index contributed by atoms with van der Waals surface area (Å²) in [6.07, 6.45) is 0. The van der Waals surface area contributed by atoms with Crippen LogP contribution in [0.3, 0.4) is 0 Å². The van der Waals surface area contributed by atoms with Gasteiger partial charge in [0.25, 0.3) is 0 Å². The number of halogens is 2. The van der Waals surface area contributed by atoms with E-state index in [-0.39, 0.29) is 18.0 Å². The van der Waals surface area contributed by atoms with Crippen LogP contribution in [0.1, 0.15) is 22.8 Å². The van der Waals surface area contributed by atoms with Crippen molar-refractivity contribution in [2.75, 3.05) is 36.1 Å². The molecule has 1 N–H and O–H groups in total. The largest absolute Gasteiger partial charge is 0.478 e. The number of aromatic carboxylic acids is 1. The maximum atomic E-state index is 12.3. The Kier molecular flexibility index (Phi) is 6.44. The van der Waals surface area contributed by atoms with Crippen LogP contribution in [0, 0.1) is 0 Å². The second kappa shape index (κ2) is 8.82. The predicted octanol–water partition coefficient (Wildman–Crippen LogP) is 4.08. The lowest BCUT2D eigenvalue weighted by Gasteiger charge is -2.31. The van der Waals surface area contributed by atoms with Gasteiger partial charge in [-0.15, -0.1) is 0 Å². The van der Waals surface area contributed by atoms with Crippen molar-refractivity contribution in [3.05, 3.63) is 57.6 Å². The molecule has 148 valence electrons. The summed E-state index contributed by atoms with van der Waals surface area (Å²) < 4.78 is 5.34. The SMILES string of the molecule is CC(=O)N(Cc1c(Cl)cccc1Cl)c1ccc(N2CCOCC2)c(C(=O)O)c1. The molecule has 0 atom stereocenters. The molecule has 0 radical (unpaired) electrons. The van der Waals surface area contributed by atoms with Crippen LogP contribution in [-0.2, 0) is 16.1 Å². The van der Waals surface area contributed by atoms with Gasteiger partial charge in [-0.25, -0.2) is 4.79 Å². The van der Waals surface area contributed by atoms with Crippen LogP contribution in [0.5, 0.6) is 0 Å². The fourth-order valence-electron chi connectivity index (χ4n) is 3.17. The van der Waals surface area contributed by atoms with Gasteiger partial charge in [0.2, 0.25) is 5.91 Å². The number of carboxylic acid groups (broad SMARTS) is 1. The average Bonchev–Trinajstić information content (AvgIpc) is 2.68. The molecule has 0 bridgehead atoms. The molecule has 1 amide bonds. The van der Waals surface area contributed by atoms with E-state index in [1.54, 1.807) is 30.3 Å². The van der Waals surface area contributed by atoms with Crippen molar-refractivity contribution in [3.8, 4) is 0 Å². The minimum absolute atomic E-state index is 0.135. The normalized spacial score (nSPS) is 14.0. The molecule has 6 nitrogen and oxygen atoms in total. The highest BCUT2D eigenvalue weighted by molar-refractivity contribution is 6.36. The highest BCUT2D eigenvalue weighted by Crippen LogP contribution is 2.31. The van der Waals surface area contributed by atoms with Gasteiger partial charge in [-0.1, -0.05) is 29.3 Å². The summed E-state index contributed by atoms with van der Waals surface area (Å²) in [4.78, 5) is 27.6. The Morgan fingerprint density at radius 3 is 2.36 bits per heavy atom. The number of hydrogen-bond acceptors (Lipinski definition) is 4. The van der Waals surface area contributed by atoms with Crippen molar-refractivity contribution < 1.29 is 19.4 Å². The van der Waals surface area contributed by atoms with E-state index in [2.05, 4.69) is 0 Å². The monoisotopic (exact) mass is 422 g/mol. The first-order chi connectivity index (χ1) is 13.4. The minimum Gasteiger partial charge on any atom is -0.478 e. The number of carbonyl (C=O) groups is 2. The molecule has 0 unspecified atom stereocenters. The zero-order valence-corrected chi connectivity index (χ0v) is 16.8. The topological polar surface area (TPSA) is 70.1 Å². The second-order valence-electron chi connectivity index (χ2n) is 6.41. The molecule has 3 rings (SSSR count). The first kappa shape index (κ1) is 20.5. The zero-order valence-electron chi connectivity index (χ0n) is 15.3. The van der Waals surface area contributed by atoms with Gasteiger partial charge in [-0.2, -0.15) is 0 Å². The maximum Gasteiger partial charge on any atom is 0.337 e. The van der Waals surface area contributed by atoms with Gasteiger partial charge in [-0.05, 0) is 30.3 Å². The van der Waals surface area contributed by atoms with Crippen molar-refractivity contribution in [2.45, 2.75) is 13.5 Å². The summed E-state index contributed by atoms with van der Waals surface area (Å²) in [5.41, 5.74) is 1.82. The molecule has 0 spiro atoms. The van der Waals surface area contributed by atoms with E-state index in [4.69, 9.17) is 27.9 Å². The van der Waals surface area contributed by atoms with Gasteiger partial charge < -0.3 is 19.6 Å². The van der Waals surface area contributed by atoms with Crippen molar-refractivity contribution >= 4 is 46.5 Å². The molecule has 2 aromatic rings. The number of carbonyl (C=O) groups excluding carboxylic acids is 1. The third-order valence-corrected chi connectivity index (χ3v) is 5.34. The zero-order chi connectivity index (χ0) is 20.3. The number of rotatable bonds is 5. The van der Waals surface area contributed by atoms with Crippen LogP contribution < -0.4 is 9.80 Å². The Morgan fingerprint density at radius 2 is 1.79 bits per heavy atom. The molecule has 8 heteroatoms. The smallest absolute Gasteiger partial charge is 0.337 e. The van der Waals surface area contributed by atoms with Crippen molar-refractivity contribution in [1.82, 2.24) is 0 Å². The Bertz CT molecular complexity index is 878. The quantitative estimate of drug-likeness (QED) is 0.785. The molecular weight excluding hydrogens is 403 g/mol. The molecule has 0 aromatic heterocycles. The number of morpholine rings is 1. The van der Waals surface area contributed by atoms with Crippen LogP contribution in [0.4, 0.5) is 11.4 Å². The van der Waals surface area contributed by atoms with Gasteiger partial charge in [0.15, 0.2) is 0 Å². The van der Waals surface area contributed by atoms with E-state index < -0.39 is 5.97 Å². The lowest BCUT2D eigenvalue weighted by molar-refractivity contribution is -0.116. The Labute approximate surface area is 173 Å². The Morgan fingerprint density at radius 1 is 1.14 bits per heavy atom. The lowest BCUT2D eigenvalue weighted by Crippen LogP contribution is -2.37. The van der Waals surface area contributed by atoms with E-state index in [1.807, 2.05) is 4.90 Å². The fraction of sp³-hybridized carbons (Fsp3) is 0.300. The fourth-order valence-corrected chi connectivity index (χ4v) is 3.69. The highest BCUT2D eigenvalue weighted by atomic mass is 35.5. The third-order valence-electron chi connectivity index (χ3n) is 4.63. The Hall–Kier alpha value is -2.28.